The van der Waals surface area contributed by atoms with Crippen molar-refractivity contribution in [1.29, 1.82) is 0 Å². The molecule has 0 bridgehead atoms. The molecule has 1 aromatic carbocycles. The second-order valence-electron chi connectivity index (χ2n) is 5.36. The minimum Gasteiger partial charge on any atom is -0.494 e. The molecule has 1 heterocycles. The molecule has 0 radical (unpaired) electrons. The SMILES string of the molecule is CCCCCOc1ccc(C=N/N=C2/NC(=O)/C(=C\C(=O)OC)S2)cc1. The van der Waals surface area contributed by atoms with Crippen LogP contribution in [0, 0.1) is 0 Å². The van der Waals surface area contributed by atoms with Crippen LogP contribution in [0.3, 0.4) is 0 Å². The summed E-state index contributed by atoms with van der Waals surface area (Å²) in [5, 5.41) is 10.7. The molecule has 0 aromatic heterocycles. The van der Waals surface area contributed by atoms with Gasteiger partial charge >= 0.3 is 5.97 Å². The molecule has 138 valence electrons. The van der Waals surface area contributed by atoms with Gasteiger partial charge < -0.3 is 9.47 Å². The molecule has 1 aromatic rings. The summed E-state index contributed by atoms with van der Waals surface area (Å²) in [6.07, 6.45) is 6.07. The van der Waals surface area contributed by atoms with E-state index in [1.807, 2.05) is 24.3 Å². The highest BCUT2D eigenvalue weighted by Gasteiger charge is 2.24. The third-order valence-corrected chi connectivity index (χ3v) is 4.25. The van der Waals surface area contributed by atoms with Crippen LogP contribution in [-0.2, 0) is 14.3 Å². The van der Waals surface area contributed by atoms with Gasteiger partial charge in [-0.1, -0.05) is 19.8 Å². The number of hydrogen-bond acceptors (Lipinski definition) is 7. The number of benzene rings is 1. The van der Waals surface area contributed by atoms with Crippen molar-refractivity contribution >= 4 is 35.0 Å². The highest BCUT2D eigenvalue weighted by Crippen LogP contribution is 2.23. The van der Waals surface area contributed by atoms with E-state index in [1.165, 1.54) is 13.5 Å². The number of rotatable bonds is 8. The van der Waals surface area contributed by atoms with Gasteiger partial charge in [-0.2, -0.15) is 5.10 Å². The fourth-order valence-corrected chi connectivity index (χ4v) is 2.72. The van der Waals surface area contributed by atoms with Crippen molar-refractivity contribution in [3.63, 3.8) is 0 Å². The smallest absolute Gasteiger partial charge is 0.331 e. The molecule has 1 saturated heterocycles. The zero-order valence-corrected chi connectivity index (χ0v) is 15.5. The van der Waals surface area contributed by atoms with Gasteiger partial charge in [0.15, 0.2) is 5.17 Å². The number of hydrogen-bond donors (Lipinski definition) is 1. The Hall–Kier alpha value is -2.61. The van der Waals surface area contributed by atoms with E-state index in [0.29, 0.717) is 11.8 Å². The van der Waals surface area contributed by atoms with Gasteiger partial charge in [-0.05, 0) is 48.0 Å². The van der Waals surface area contributed by atoms with Crippen molar-refractivity contribution in [2.24, 2.45) is 10.2 Å². The molecule has 0 atom stereocenters. The normalized spacial score (nSPS) is 17.1. The summed E-state index contributed by atoms with van der Waals surface area (Å²) in [6.45, 7) is 2.87. The highest BCUT2D eigenvalue weighted by molar-refractivity contribution is 8.18. The Bertz CT molecular complexity index is 726. The summed E-state index contributed by atoms with van der Waals surface area (Å²) in [7, 11) is 1.25. The Morgan fingerprint density at radius 3 is 2.73 bits per heavy atom. The van der Waals surface area contributed by atoms with Crippen molar-refractivity contribution in [3.05, 3.63) is 40.8 Å². The standard InChI is InChI=1S/C18H21N3O4S/c1-3-4-5-10-25-14-8-6-13(7-9-14)12-19-21-18-20-17(23)15(26-18)11-16(22)24-2/h6-9,11-12H,3-5,10H2,1-2H3,(H,20,21,23)/b15-11+,19-12?. The van der Waals surface area contributed by atoms with Gasteiger partial charge in [0.1, 0.15) is 5.75 Å². The molecule has 1 N–H and O–H groups in total. The van der Waals surface area contributed by atoms with Gasteiger partial charge in [-0.25, -0.2) is 4.79 Å². The van der Waals surface area contributed by atoms with Crippen molar-refractivity contribution < 1.29 is 19.1 Å². The average Bonchev–Trinajstić information content (AvgIpc) is 2.99. The van der Waals surface area contributed by atoms with Gasteiger partial charge in [-0.15, -0.1) is 5.10 Å². The van der Waals surface area contributed by atoms with Crippen molar-refractivity contribution in [1.82, 2.24) is 5.32 Å². The lowest BCUT2D eigenvalue weighted by molar-refractivity contribution is -0.135. The van der Waals surface area contributed by atoms with E-state index in [9.17, 15) is 9.59 Å². The van der Waals surface area contributed by atoms with Crippen molar-refractivity contribution in [2.75, 3.05) is 13.7 Å². The molecule has 26 heavy (non-hydrogen) atoms. The summed E-state index contributed by atoms with van der Waals surface area (Å²) in [5.74, 6) is -0.177. The Morgan fingerprint density at radius 1 is 1.27 bits per heavy atom. The first-order valence-electron chi connectivity index (χ1n) is 8.25. The van der Waals surface area contributed by atoms with Crippen molar-refractivity contribution in [3.8, 4) is 5.75 Å². The van der Waals surface area contributed by atoms with E-state index in [-0.39, 0.29) is 4.91 Å². The van der Waals surface area contributed by atoms with E-state index in [4.69, 9.17) is 4.74 Å². The zero-order valence-electron chi connectivity index (χ0n) is 14.7. The van der Waals surface area contributed by atoms with Crippen LogP contribution in [0.4, 0.5) is 0 Å². The number of esters is 1. The second kappa shape index (κ2) is 10.4. The third kappa shape index (κ3) is 6.36. The van der Waals surface area contributed by atoms with Gasteiger partial charge in [0.25, 0.3) is 5.91 Å². The maximum absolute atomic E-state index is 11.7. The fourth-order valence-electron chi connectivity index (χ4n) is 1.98. The first kappa shape index (κ1) is 19.7. The summed E-state index contributed by atoms with van der Waals surface area (Å²) in [6, 6.07) is 7.51. The minimum atomic E-state index is -0.593. The van der Waals surface area contributed by atoms with Crippen LogP contribution >= 0.6 is 11.8 Å². The maximum Gasteiger partial charge on any atom is 0.331 e. The summed E-state index contributed by atoms with van der Waals surface area (Å²) >= 11 is 1.03. The third-order valence-electron chi connectivity index (χ3n) is 3.35. The fraction of sp³-hybridized carbons (Fsp3) is 0.333. The molecule has 8 heteroatoms. The number of nitrogens with one attached hydrogen (secondary N) is 1. The summed E-state index contributed by atoms with van der Waals surface area (Å²) in [5.41, 5.74) is 0.856. The number of amidine groups is 1. The van der Waals surface area contributed by atoms with Crippen LogP contribution in [0.2, 0.25) is 0 Å². The van der Waals surface area contributed by atoms with E-state index in [1.54, 1.807) is 6.21 Å². The zero-order chi connectivity index (χ0) is 18.8. The second-order valence-corrected chi connectivity index (χ2v) is 6.39. The number of carbonyl (C=O) groups is 2. The van der Waals surface area contributed by atoms with Crippen LogP contribution in [-0.4, -0.2) is 37.0 Å². The number of nitrogens with zero attached hydrogens (tertiary/aromatic N) is 2. The van der Waals surface area contributed by atoms with Gasteiger partial charge in [-0.3, -0.25) is 10.1 Å². The number of ether oxygens (including phenoxy) is 2. The Kier molecular flexibility index (Phi) is 7.88. The molecule has 0 saturated carbocycles. The molecule has 2 rings (SSSR count). The molecular formula is C18H21N3O4S. The van der Waals surface area contributed by atoms with Crippen LogP contribution in [0.25, 0.3) is 0 Å². The molecule has 0 spiro atoms. The maximum atomic E-state index is 11.7. The molecule has 7 nitrogen and oxygen atoms in total. The lowest BCUT2D eigenvalue weighted by Gasteiger charge is -2.05. The number of methoxy groups -OCH3 is 1. The van der Waals surface area contributed by atoms with Gasteiger partial charge in [0.05, 0.1) is 24.8 Å². The molecule has 1 aliphatic rings. The lowest BCUT2D eigenvalue weighted by atomic mass is 10.2. The van der Waals surface area contributed by atoms with Crippen LogP contribution in [0.15, 0.2) is 45.4 Å². The minimum absolute atomic E-state index is 0.218. The quantitative estimate of drug-likeness (QED) is 0.248. The predicted molar refractivity (Wildman–Crippen MR) is 102 cm³/mol. The van der Waals surface area contributed by atoms with E-state index in [2.05, 4.69) is 27.2 Å². The van der Waals surface area contributed by atoms with E-state index in [0.717, 1.165) is 42.0 Å². The van der Waals surface area contributed by atoms with Gasteiger partial charge in [0.2, 0.25) is 0 Å². The Labute approximate surface area is 156 Å². The van der Waals surface area contributed by atoms with Crippen LogP contribution in [0.5, 0.6) is 5.75 Å². The summed E-state index contributed by atoms with van der Waals surface area (Å²) < 4.78 is 10.1. The number of carbonyl (C=O) groups excluding carboxylic acids is 2. The highest BCUT2D eigenvalue weighted by atomic mass is 32.2. The van der Waals surface area contributed by atoms with Crippen LogP contribution in [0.1, 0.15) is 31.7 Å². The largest absolute Gasteiger partial charge is 0.494 e. The lowest BCUT2D eigenvalue weighted by Crippen LogP contribution is -2.19. The van der Waals surface area contributed by atoms with E-state index < -0.39 is 11.9 Å². The molecule has 0 unspecified atom stereocenters. The number of unbranched alkanes of at least 4 members (excludes halogenated alkanes) is 2. The molecule has 0 aliphatic carbocycles. The average molecular weight is 375 g/mol. The van der Waals surface area contributed by atoms with Crippen molar-refractivity contribution in [2.45, 2.75) is 26.2 Å². The molecule has 1 aliphatic heterocycles. The first-order chi connectivity index (χ1) is 12.6. The first-order valence-corrected chi connectivity index (χ1v) is 9.06. The molecular weight excluding hydrogens is 354 g/mol. The number of amides is 1. The van der Waals surface area contributed by atoms with Gasteiger partial charge in [0, 0.05) is 6.08 Å². The number of thioether (sulfide) groups is 1. The molecule has 1 amide bonds. The summed E-state index contributed by atoms with van der Waals surface area (Å²) in [4.78, 5) is 23.1. The predicted octanol–water partition coefficient (Wildman–Crippen LogP) is 2.87. The Balaban J connectivity index is 1.88. The monoisotopic (exact) mass is 375 g/mol. The van der Waals surface area contributed by atoms with E-state index >= 15 is 0 Å². The van der Waals surface area contributed by atoms with Crippen LogP contribution < -0.4 is 10.1 Å². The molecule has 1 fully saturated rings. The topological polar surface area (TPSA) is 89.4 Å². The Morgan fingerprint density at radius 2 is 2.04 bits per heavy atom.